The molecular formula is C36H24O2. The van der Waals surface area contributed by atoms with Crippen molar-refractivity contribution in [3.63, 3.8) is 0 Å². The van der Waals surface area contributed by atoms with Crippen LogP contribution >= 0.6 is 0 Å². The largest absolute Gasteiger partial charge is 0.456 e. The van der Waals surface area contributed by atoms with E-state index in [2.05, 4.69) is 103 Å². The molecule has 0 N–H and O–H groups in total. The van der Waals surface area contributed by atoms with Crippen LogP contribution in [0.5, 0.6) is 0 Å². The Morgan fingerprint density at radius 3 is 1.84 bits per heavy atom. The summed E-state index contributed by atoms with van der Waals surface area (Å²) in [5.41, 5.74) is 9.97. The van der Waals surface area contributed by atoms with Gasteiger partial charge in [0.1, 0.15) is 22.3 Å². The Kier molecular flexibility index (Phi) is 4.68. The summed E-state index contributed by atoms with van der Waals surface area (Å²) in [6.45, 7) is 0. The van der Waals surface area contributed by atoms with E-state index in [0.717, 1.165) is 44.9 Å². The number of benzene rings is 5. The summed E-state index contributed by atoms with van der Waals surface area (Å²) in [6.07, 6.45) is 7.96. The molecule has 2 heteroatoms. The standard InChI is InChI=1S/C36H24O2/c1-3-13-33-29(11-1)31-21-27(15-17-35(31)37-33)25-9-5-7-23(19-25)24-8-6-10-26(20-24)28-16-18-36-32(22-28)30-12-2-4-14-34(30)38-36/h1-7,9-22,24H,8H2. The number of hydrogen-bond acceptors (Lipinski definition) is 2. The van der Waals surface area contributed by atoms with Gasteiger partial charge in [-0.15, -0.1) is 0 Å². The molecule has 1 unspecified atom stereocenters. The molecular weight excluding hydrogens is 464 g/mol. The molecule has 1 aliphatic carbocycles. The molecule has 5 aromatic carbocycles. The molecule has 0 fully saturated rings. The maximum absolute atomic E-state index is 6.04. The topological polar surface area (TPSA) is 26.3 Å². The molecule has 38 heavy (non-hydrogen) atoms. The minimum absolute atomic E-state index is 0.324. The molecule has 0 aliphatic heterocycles. The van der Waals surface area contributed by atoms with Crippen molar-refractivity contribution >= 4 is 49.5 Å². The Bertz CT molecular complexity index is 2060. The van der Waals surface area contributed by atoms with E-state index in [1.54, 1.807) is 0 Å². The lowest BCUT2D eigenvalue weighted by Crippen LogP contribution is -1.99. The van der Waals surface area contributed by atoms with E-state index in [9.17, 15) is 0 Å². The molecule has 2 aromatic heterocycles. The zero-order valence-corrected chi connectivity index (χ0v) is 20.7. The third-order valence-electron chi connectivity index (χ3n) is 7.80. The first-order valence-corrected chi connectivity index (χ1v) is 13.1. The Labute approximate surface area is 220 Å². The van der Waals surface area contributed by atoms with Gasteiger partial charge in [0.25, 0.3) is 0 Å². The average Bonchev–Trinajstić information content (AvgIpc) is 3.55. The van der Waals surface area contributed by atoms with Crippen LogP contribution in [0.2, 0.25) is 0 Å². The maximum atomic E-state index is 6.04. The lowest BCUT2D eigenvalue weighted by atomic mass is 9.86. The highest BCUT2D eigenvalue weighted by atomic mass is 16.3. The fourth-order valence-electron chi connectivity index (χ4n) is 5.87. The summed E-state index contributed by atoms with van der Waals surface area (Å²) < 4.78 is 12.1. The fraction of sp³-hybridized carbons (Fsp3) is 0.0556. The van der Waals surface area contributed by atoms with E-state index < -0.39 is 0 Å². The predicted molar refractivity (Wildman–Crippen MR) is 157 cm³/mol. The van der Waals surface area contributed by atoms with Gasteiger partial charge in [0, 0.05) is 27.5 Å². The molecule has 7 aromatic rings. The van der Waals surface area contributed by atoms with E-state index in [1.807, 2.05) is 24.3 Å². The van der Waals surface area contributed by atoms with Gasteiger partial charge in [-0.25, -0.2) is 0 Å². The van der Waals surface area contributed by atoms with Gasteiger partial charge in [-0.05, 0) is 70.6 Å². The van der Waals surface area contributed by atoms with Gasteiger partial charge in [-0.3, -0.25) is 0 Å². The van der Waals surface area contributed by atoms with Gasteiger partial charge in [-0.1, -0.05) is 91.0 Å². The second kappa shape index (κ2) is 8.36. The normalized spacial score (nSPS) is 15.6. The van der Waals surface area contributed by atoms with Crippen LogP contribution in [0.25, 0.3) is 60.6 Å². The van der Waals surface area contributed by atoms with Crippen LogP contribution < -0.4 is 0 Å². The van der Waals surface area contributed by atoms with Crippen molar-refractivity contribution < 1.29 is 8.83 Å². The quantitative estimate of drug-likeness (QED) is 0.247. The van der Waals surface area contributed by atoms with Crippen LogP contribution in [0.1, 0.15) is 23.5 Å². The summed E-state index contributed by atoms with van der Waals surface area (Å²) in [5, 5.41) is 4.65. The van der Waals surface area contributed by atoms with E-state index in [1.165, 1.54) is 33.2 Å². The van der Waals surface area contributed by atoms with Crippen molar-refractivity contribution in [3.05, 3.63) is 139 Å². The maximum Gasteiger partial charge on any atom is 0.135 e. The van der Waals surface area contributed by atoms with Gasteiger partial charge in [-0.2, -0.15) is 0 Å². The van der Waals surface area contributed by atoms with Gasteiger partial charge >= 0.3 is 0 Å². The molecule has 0 radical (unpaired) electrons. The van der Waals surface area contributed by atoms with Crippen molar-refractivity contribution in [3.8, 4) is 11.1 Å². The number of hydrogen-bond donors (Lipinski definition) is 0. The molecule has 1 atom stereocenters. The molecule has 2 nitrogen and oxygen atoms in total. The number of para-hydroxylation sites is 2. The first kappa shape index (κ1) is 21.3. The summed E-state index contributed by atoms with van der Waals surface area (Å²) in [5.74, 6) is 0.324. The number of rotatable bonds is 3. The van der Waals surface area contributed by atoms with E-state index in [-0.39, 0.29) is 0 Å². The molecule has 8 rings (SSSR count). The van der Waals surface area contributed by atoms with Crippen LogP contribution in [0.4, 0.5) is 0 Å². The van der Waals surface area contributed by atoms with E-state index in [4.69, 9.17) is 8.83 Å². The number of fused-ring (bicyclic) bond motifs is 6. The van der Waals surface area contributed by atoms with E-state index in [0.29, 0.717) is 5.92 Å². The van der Waals surface area contributed by atoms with Crippen molar-refractivity contribution in [2.75, 3.05) is 0 Å². The third kappa shape index (κ3) is 3.42. The van der Waals surface area contributed by atoms with Crippen molar-refractivity contribution in [2.24, 2.45) is 0 Å². The Hall–Kier alpha value is -4.82. The summed E-state index contributed by atoms with van der Waals surface area (Å²) in [4.78, 5) is 0. The van der Waals surface area contributed by atoms with Crippen LogP contribution in [0.15, 0.2) is 136 Å². The van der Waals surface area contributed by atoms with Crippen LogP contribution in [-0.4, -0.2) is 0 Å². The number of furan rings is 2. The molecule has 1 aliphatic rings. The minimum Gasteiger partial charge on any atom is -0.456 e. The lowest BCUT2D eigenvalue weighted by molar-refractivity contribution is 0.668. The van der Waals surface area contributed by atoms with Crippen molar-refractivity contribution in [1.29, 1.82) is 0 Å². The SMILES string of the molecule is C1=CC(c2ccc3oc4ccccc4c3c2)=CC(c2cccc(-c3ccc4oc5ccccc5c4c3)c2)C1. The van der Waals surface area contributed by atoms with Gasteiger partial charge in [0.2, 0.25) is 0 Å². The highest BCUT2D eigenvalue weighted by Gasteiger charge is 2.16. The second-order valence-electron chi connectivity index (χ2n) is 10.1. The van der Waals surface area contributed by atoms with Crippen molar-refractivity contribution in [1.82, 2.24) is 0 Å². The second-order valence-corrected chi connectivity index (χ2v) is 10.1. The highest BCUT2D eigenvalue weighted by molar-refractivity contribution is 6.07. The molecule has 0 bridgehead atoms. The zero-order chi connectivity index (χ0) is 25.1. The Morgan fingerprint density at radius 1 is 0.500 bits per heavy atom. The van der Waals surface area contributed by atoms with Gasteiger partial charge < -0.3 is 8.83 Å². The van der Waals surface area contributed by atoms with Crippen LogP contribution in [0.3, 0.4) is 0 Å². The zero-order valence-electron chi connectivity index (χ0n) is 20.7. The van der Waals surface area contributed by atoms with Gasteiger partial charge in [0.15, 0.2) is 0 Å². The Balaban J connectivity index is 1.16. The first-order valence-electron chi connectivity index (χ1n) is 13.1. The summed E-state index contributed by atoms with van der Waals surface area (Å²) in [7, 11) is 0. The molecule has 0 saturated carbocycles. The molecule has 0 spiro atoms. The first-order chi connectivity index (χ1) is 18.8. The Morgan fingerprint density at radius 2 is 1.11 bits per heavy atom. The summed E-state index contributed by atoms with van der Waals surface area (Å²) in [6, 6.07) is 38.5. The van der Waals surface area contributed by atoms with Gasteiger partial charge in [0.05, 0.1) is 0 Å². The number of allylic oxidation sites excluding steroid dienone is 4. The lowest BCUT2D eigenvalue weighted by Gasteiger charge is -2.18. The average molecular weight is 489 g/mol. The predicted octanol–water partition coefficient (Wildman–Crippen LogP) is 10.3. The van der Waals surface area contributed by atoms with E-state index >= 15 is 0 Å². The molecule has 0 saturated heterocycles. The van der Waals surface area contributed by atoms with Crippen molar-refractivity contribution in [2.45, 2.75) is 12.3 Å². The molecule has 0 amide bonds. The van der Waals surface area contributed by atoms with Crippen LogP contribution in [-0.2, 0) is 0 Å². The van der Waals surface area contributed by atoms with Crippen LogP contribution in [0, 0.1) is 0 Å². The minimum atomic E-state index is 0.324. The fourth-order valence-corrected chi connectivity index (χ4v) is 5.87. The highest BCUT2D eigenvalue weighted by Crippen LogP contribution is 2.37. The monoisotopic (exact) mass is 488 g/mol. The smallest absolute Gasteiger partial charge is 0.135 e. The molecule has 180 valence electrons. The third-order valence-corrected chi connectivity index (χ3v) is 7.80. The molecule has 2 heterocycles. The summed E-state index contributed by atoms with van der Waals surface area (Å²) >= 11 is 0.